The molecule has 3 aliphatic carbocycles. The maximum Gasteiger partial charge on any atom is 0.212 e. The Hall–Kier alpha value is -9.85. The van der Waals surface area contributed by atoms with Crippen molar-refractivity contribution in [2.45, 2.75) is 99.3 Å². The second-order valence-electron chi connectivity index (χ2n) is 27.0. The molecule has 0 spiro atoms. The minimum Gasteiger partial charge on any atom is -0.260 e. The summed E-state index contributed by atoms with van der Waals surface area (Å²) in [5, 5.41) is 0. The summed E-state index contributed by atoms with van der Waals surface area (Å²) < 4.78 is 20.1. The van der Waals surface area contributed by atoms with E-state index in [4.69, 9.17) is 15.0 Å². The Morgan fingerprint density at radius 1 is 0.286 bits per heavy atom. The van der Waals surface area contributed by atoms with Gasteiger partial charge < -0.3 is 0 Å². The molecule has 0 radical (unpaired) electrons. The average molecular weight is 1190 g/mol. The van der Waals surface area contributed by atoms with Crippen molar-refractivity contribution in [2.75, 3.05) is 0 Å². The van der Waals surface area contributed by atoms with Crippen LogP contribution in [0.25, 0.3) is 101 Å². The van der Waals surface area contributed by atoms with Crippen molar-refractivity contribution in [3.05, 3.63) is 286 Å². The lowest BCUT2D eigenvalue weighted by molar-refractivity contribution is -0.660. The average Bonchev–Trinajstić information content (AvgIpc) is 1.61. The predicted molar refractivity (Wildman–Crippen MR) is 370 cm³/mol. The van der Waals surface area contributed by atoms with Crippen LogP contribution in [0.3, 0.4) is 0 Å². The molecule has 12 aromatic rings. The summed E-state index contributed by atoms with van der Waals surface area (Å²) in [5.41, 5.74) is 37.2. The Bertz CT molecular complexity index is 4680. The summed E-state index contributed by atoms with van der Waals surface area (Å²) in [6.07, 6.45) is 12.4. The number of aromatic nitrogens is 6. The lowest BCUT2D eigenvalue weighted by atomic mass is 9.83. The Balaban J connectivity index is 0.000000125. The van der Waals surface area contributed by atoms with Gasteiger partial charge in [-0.25, -0.2) is 18.1 Å². The number of fused-ring (bicyclic) bond motifs is 9. The molecule has 0 bridgehead atoms. The van der Waals surface area contributed by atoms with Crippen LogP contribution >= 0.6 is 0 Å². The molecule has 0 amide bonds. The molecule has 15 rings (SSSR count). The van der Waals surface area contributed by atoms with Gasteiger partial charge >= 0.3 is 0 Å². The lowest BCUT2D eigenvalue weighted by Gasteiger charge is -2.21. The first-order valence-electron chi connectivity index (χ1n) is 31.7. The fraction of sp³-hybridized carbons (Fsp3) is 0.214. The zero-order valence-electron chi connectivity index (χ0n) is 55.3. The van der Waals surface area contributed by atoms with Crippen LogP contribution in [0, 0.1) is 47.4 Å². The van der Waals surface area contributed by atoms with Crippen molar-refractivity contribution in [1.29, 1.82) is 0 Å². The molecule has 0 unspecified atom stereocenters. The van der Waals surface area contributed by atoms with Gasteiger partial charge in [-0.05, 0) is 174 Å². The molecule has 6 nitrogen and oxygen atoms in total. The van der Waals surface area contributed by atoms with E-state index in [2.05, 4.69) is 270 Å². The highest BCUT2D eigenvalue weighted by atomic mass is 19.1. The molecule has 0 atom stereocenters. The fourth-order valence-electron chi connectivity index (χ4n) is 14.7. The van der Waals surface area contributed by atoms with E-state index in [-0.39, 0.29) is 22.1 Å². The standard InChI is InChI=1S/C28H26FN2.2C28H27N2/c1-17-13-23-21-7-6-12-30-27(21)28(3,4)25(23)15-22(17)26-14-18(2)24(16-31(26)5)19-8-10-20(29)11-9-19;2*1-18-14-23-21-12-9-13-29-27(21)28(3,4)25(23)16-22(18)26-15-19(2)24(17-30(26)5)20-10-7-6-8-11-20/h6-16H,1-5H3;2*6-17H,1-5H3/q3*+1. The minimum absolute atomic E-state index is 0.0913. The molecule has 7 heteroatoms. The third-order valence-electron chi connectivity index (χ3n) is 19.8. The molecule has 3 aliphatic rings. The summed E-state index contributed by atoms with van der Waals surface area (Å²) in [5.74, 6) is -0.214. The first kappa shape index (κ1) is 60.1. The highest BCUT2D eigenvalue weighted by molar-refractivity contribution is 5.86. The van der Waals surface area contributed by atoms with Crippen LogP contribution in [0.15, 0.2) is 213 Å². The molecule has 450 valence electrons. The Morgan fingerprint density at radius 2 is 0.560 bits per heavy atom. The van der Waals surface area contributed by atoms with Crippen molar-refractivity contribution in [1.82, 2.24) is 15.0 Å². The van der Waals surface area contributed by atoms with Gasteiger partial charge in [-0.15, -0.1) is 0 Å². The van der Waals surface area contributed by atoms with Gasteiger partial charge in [-0.2, -0.15) is 0 Å². The molecule has 6 heterocycles. The van der Waals surface area contributed by atoms with Gasteiger partial charge in [0.1, 0.15) is 27.0 Å². The van der Waals surface area contributed by atoms with E-state index in [1.54, 1.807) is 0 Å². The summed E-state index contributed by atoms with van der Waals surface area (Å²) in [6, 6.07) is 61.6. The van der Waals surface area contributed by atoms with Gasteiger partial charge in [0.2, 0.25) is 17.1 Å². The monoisotopic (exact) mass is 1190 g/mol. The predicted octanol–water partition coefficient (Wildman–Crippen LogP) is 18.6. The minimum atomic E-state index is -0.214. The van der Waals surface area contributed by atoms with Crippen LogP contribution < -0.4 is 13.7 Å². The first-order valence-corrected chi connectivity index (χ1v) is 31.7. The molecular formula is C84H80FN6+3. The maximum atomic E-state index is 13.4. The highest BCUT2D eigenvalue weighted by Gasteiger charge is 2.41. The molecule has 0 saturated carbocycles. The van der Waals surface area contributed by atoms with Crippen molar-refractivity contribution < 1.29 is 18.1 Å². The zero-order chi connectivity index (χ0) is 64.0. The van der Waals surface area contributed by atoms with E-state index < -0.39 is 0 Å². The number of benzene rings is 6. The molecule has 6 aromatic heterocycles. The molecule has 6 aromatic carbocycles. The van der Waals surface area contributed by atoms with Gasteiger partial charge in [0.15, 0.2) is 18.6 Å². The van der Waals surface area contributed by atoms with E-state index in [0.29, 0.717) is 0 Å². The molecular weight excluding hydrogens is 1110 g/mol. The molecule has 0 aliphatic heterocycles. The number of hydrogen-bond donors (Lipinski definition) is 0. The van der Waals surface area contributed by atoms with Gasteiger partial charge in [0.25, 0.3) is 0 Å². The number of halogens is 1. The van der Waals surface area contributed by atoms with Gasteiger partial charge in [0, 0.05) is 103 Å². The summed E-state index contributed by atoms with van der Waals surface area (Å²) in [4.78, 5) is 14.2. The Morgan fingerprint density at radius 3 is 0.857 bits per heavy atom. The van der Waals surface area contributed by atoms with E-state index in [1.807, 2.05) is 48.9 Å². The summed E-state index contributed by atoms with van der Waals surface area (Å²) in [6.45, 7) is 26.8. The third-order valence-corrected chi connectivity index (χ3v) is 19.8. The smallest absolute Gasteiger partial charge is 0.212 e. The van der Waals surface area contributed by atoms with E-state index in [0.717, 1.165) is 16.8 Å². The second kappa shape index (κ2) is 22.9. The number of rotatable bonds is 6. The Labute approximate surface area is 537 Å². The first-order chi connectivity index (χ1) is 43.5. The number of hydrogen-bond acceptors (Lipinski definition) is 3. The van der Waals surface area contributed by atoms with Crippen molar-refractivity contribution in [3.63, 3.8) is 0 Å². The summed E-state index contributed by atoms with van der Waals surface area (Å²) in [7, 11) is 6.38. The van der Waals surface area contributed by atoms with Crippen molar-refractivity contribution in [3.8, 4) is 101 Å². The third kappa shape index (κ3) is 10.4. The number of pyridine rings is 6. The van der Waals surface area contributed by atoms with Crippen LogP contribution in [0.1, 0.15) is 109 Å². The zero-order valence-corrected chi connectivity index (χ0v) is 55.3. The van der Waals surface area contributed by atoms with Crippen molar-refractivity contribution >= 4 is 0 Å². The largest absolute Gasteiger partial charge is 0.260 e. The fourth-order valence-corrected chi connectivity index (χ4v) is 14.7. The SMILES string of the molecule is Cc1cc(-c2cc3c(cc2C)-c2cccnc2C3(C)C)[n+](C)cc1-c1ccc(F)cc1.Cc1cc(-c2cc3c(cc2C)-c2cccnc2C3(C)C)[n+](C)cc1-c1ccccc1.Cc1cc(-c2cc3c(cc2C)-c2cccnc2C3(C)C)[n+](C)cc1-c1ccccc1. The summed E-state index contributed by atoms with van der Waals surface area (Å²) >= 11 is 0. The van der Waals surface area contributed by atoms with Crippen LogP contribution in [0.2, 0.25) is 0 Å². The second-order valence-corrected chi connectivity index (χ2v) is 27.0. The number of aryl methyl sites for hydroxylation is 9. The van der Waals surface area contributed by atoms with Crippen LogP contribution in [-0.4, -0.2) is 15.0 Å². The van der Waals surface area contributed by atoms with Gasteiger partial charge in [0.05, 0.1) is 17.1 Å². The van der Waals surface area contributed by atoms with Crippen LogP contribution in [0.4, 0.5) is 4.39 Å². The topological polar surface area (TPSA) is 50.3 Å². The maximum absolute atomic E-state index is 13.4. The van der Waals surface area contributed by atoms with Crippen LogP contribution in [0.5, 0.6) is 0 Å². The normalized spacial score (nSPS) is 13.8. The lowest BCUT2D eigenvalue weighted by Crippen LogP contribution is -2.31. The molecule has 0 N–H and O–H groups in total. The van der Waals surface area contributed by atoms with E-state index >= 15 is 0 Å². The van der Waals surface area contributed by atoms with E-state index in [9.17, 15) is 4.39 Å². The molecule has 0 saturated heterocycles. The quantitative estimate of drug-likeness (QED) is 0.156. The van der Waals surface area contributed by atoms with Crippen LogP contribution in [-0.2, 0) is 37.4 Å². The molecule has 0 fully saturated rings. The van der Waals surface area contributed by atoms with E-state index in [1.165, 1.54) is 163 Å². The highest BCUT2D eigenvalue weighted by Crippen LogP contribution is 2.52. The Kier molecular flexibility index (Phi) is 15.1. The van der Waals surface area contributed by atoms with Gasteiger partial charge in [-0.1, -0.05) is 151 Å². The van der Waals surface area contributed by atoms with Gasteiger partial charge in [-0.3, -0.25) is 15.0 Å². The van der Waals surface area contributed by atoms with Crippen molar-refractivity contribution in [2.24, 2.45) is 21.1 Å². The number of nitrogens with zero attached hydrogens (tertiary/aromatic N) is 6. The molecule has 91 heavy (non-hydrogen) atoms.